The smallest absolute Gasteiger partial charge is 0.266 e. The summed E-state index contributed by atoms with van der Waals surface area (Å²) in [6.07, 6.45) is 6.12. The summed E-state index contributed by atoms with van der Waals surface area (Å²) in [6.45, 7) is 6.03. The number of likely N-dealkylation sites (tertiary alicyclic amines) is 1. The summed E-state index contributed by atoms with van der Waals surface area (Å²) in [5.74, 6) is 0.719. The van der Waals surface area contributed by atoms with Crippen molar-refractivity contribution in [2.75, 3.05) is 26.2 Å². The zero-order chi connectivity index (χ0) is 19.1. The standard InChI is InChI=1S/C22H27N3O2/c1-17-15-19(20(16-23)22(26)24-17)18-9-3-4-10-21(18)27-14-8-7-13-25-11-5-2-6-12-25/h3-4,9-10,15H,2,5-8,11-14H2,1H3,(H,24,26). The molecule has 5 nitrogen and oxygen atoms in total. The number of aromatic amines is 1. The van der Waals surface area contributed by atoms with Crippen LogP contribution in [-0.4, -0.2) is 36.1 Å². The topological polar surface area (TPSA) is 69.1 Å². The molecule has 1 aromatic heterocycles. The highest BCUT2D eigenvalue weighted by atomic mass is 16.5. The van der Waals surface area contributed by atoms with E-state index in [0.29, 0.717) is 12.2 Å². The molecule has 0 saturated carbocycles. The van der Waals surface area contributed by atoms with Crippen LogP contribution >= 0.6 is 0 Å². The number of benzene rings is 1. The van der Waals surface area contributed by atoms with E-state index in [-0.39, 0.29) is 11.1 Å². The minimum Gasteiger partial charge on any atom is -0.493 e. The van der Waals surface area contributed by atoms with Crippen LogP contribution in [0, 0.1) is 18.3 Å². The Morgan fingerprint density at radius 1 is 1.15 bits per heavy atom. The Kier molecular flexibility index (Phi) is 6.67. The predicted molar refractivity (Wildman–Crippen MR) is 107 cm³/mol. The first kappa shape index (κ1) is 19.2. The van der Waals surface area contributed by atoms with Crippen molar-refractivity contribution < 1.29 is 4.74 Å². The van der Waals surface area contributed by atoms with E-state index in [4.69, 9.17) is 4.74 Å². The molecule has 1 N–H and O–H groups in total. The molecule has 1 fully saturated rings. The number of para-hydroxylation sites is 1. The minimum absolute atomic E-state index is 0.127. The molecular weight excluding hydrogens is 338 g/mol. The van der Waals surface area contributed by atoms with Gasteiger partial charge in [-0.15, -0.1) is 0 Å². The second kappa shape index (κ2) is 9.38. The van der Waals surface area contributed by atoms with Crippen molar-refractivity contribution >= 4 is 0 Å². The highest BCUT2D eigenvalue weighted by Crippen LogP contribution is 2.31. The molecule has 27 heavy (non-hydrogen) atoms. The number of H-pyrrole nitrogens is 1. The van der Waals surface area contributed by atoms with Gasteiger partial charge < -0.3 is 14.6 Å². The van der Waals surface area contributed by atoms with Gasteiger partial charge in [0.05, 0.1) is 6.61 Å². The maximum Gasteiger partial charge on any atom is 0.266 e. The lowest BCUT2D eigenvalue weighted by Crippen LogP contribution is -2.30. The second-order valence-corrected chi connectivity index (χ2v) is 7.14. The Bertz CT molecular complexity index is 861. The van der Waals surface area contributed by atoms with E-state index in [1.165, 1.54) is 32.4 Å². The Balaban J connectivity index is 1.65. The SMILES string of the molecule is Cc1cc(-c2ccccc2OCCCCN2CCCCC2)c(C#N)c(=O)[nH]1. The zero-order valence-electron chi connectivity index (χ0n) is 16.0. The number of aromatic nitrogens is 1. The Morgan fingerprint density at radius 3 is 2.70 bits per heavy atom. The number of nitriles is 1. The first-order valence-corrected chi connectivity index (χ1v) is 9.77. The van der Waals surface area contributed by atoms with Crippen molar-refractivity contribution in [3.05, 3.63) is 51.9 Å². The highest BCUT2D eigenvalue weighted by Gasteiger charge is 2.14. The molecule has 1 aliphatic rings. The van der Waals surface area contributed by atoms with Crippen molar-refractivity contribution in [3.8, 4) is 22.9 Å². The molecule has 0 unspecified atom stereocenters. The van der Waals surface area contributed by atoms with Crippen LogP contribution in [0.4, 0.5) is 0 Å². The van der Waals surface area contributed by atoms with Crippen molar-refractivity contribution in [3.63, 3.8) is 0 Å². The van der Waals surface area contributed by atoms with E-state index in [2.05, 4.69) is 9.88 Å². The first-order chi connectivity index (χ1) is 13.2. The van der Waals surface area contributed by atoms with Gasteiger partial charge in [-0.1, -0.05) is 24.6 Å². The summed E-state index contributed by atoms with van der Waals surface area (Å²) >= 11 is 0. The molecule has 2 aromatic rings. The van der Waals surface area contributed by atoms with Crippen molar-refractivity contribution in [2.45, 2.75) is 39.0 Å². The fourth-order valence-corrected chi connectivity index (χ4v) is 3.63. The lowest BCUT2D eigenvalue weighted by molar-refractivity contribution is 0.216. The average Bonchev–Trinajstić information content (AvgIpc) is 2.68. The second-order valence-electron chi connectivity index (χ2n) is 7.14. The summed E-state index contributed by atoms with van der Waals surface area (Å²) in [4.78, 5) is 17.3. The molecule has 0 spiro atoms. The average molecular weight is 365 g/mol. The Hall–Kier alpha value is -2.58. The number of aryl methyl sites for hydroxylation is 1. The molecule has 0 atom stereocenters. The van der Waals surface area contributed by atoms with Gasteiger partial charge in [0, 0.05) is 16.8 Å². The molecular formula is C22H27N3O2. The molecule has 0 aliphatic carbocycles. The molecule has 5 heteroatoms. The van der Waals surface area contributed by atoms with E-state index in [9.17, 15) is 10.1 Å². The lowest BCUT2D eigenvalue weighted by atomic mass is 10.00. The molecule has 3 rings (SSSR count). The summed E-state index contributed by atoms with van der Waals surface area (Å²) < 4.78 is 6.02. The molecule has 142 valence electrons. The van der Waals surface area contributed by atoms with Gasteiger partial charge in [-0.3, -0.25) is 4.79 Å². The van der Waals surface area contributed by atoms with Crippen molar-refractivity contribution in [1.29, 1.82) is 5.26 Å². The summed E-state index contributed by atoms with van der Waals surface area (Å²) in [6, 6.07) is 11.5. The van der Waals surface area contributed by atoms with Gasteiger partial charge in [-0.25, -0.2) is 0 Å². The predicted octanol–water partition coefficient (Wildman–Crippen LogP) is 3.87. The lowest BCUT2D eigenvalue weighted by Gasteiger charge is -2.26. The number of nitrogens with zero attached hydrogens (tertiary/aromatic N) is 2. The van der Waals surface area contributed by atoms with Crippen LogP contribution in [0.1, 0.15) is 43.4 Å². The minimum atomic E-state index is -0.358. The van der Waals surface area contributed by atoms with E-state index in [0.717, 1.165) is 36.4 Å². The van der Waals surface area contributed by atoms with Gasteiger partial charge in [-0.2, -0.15) is 5.26 Å². The van der Waals surface area contributed by atoms with Gasteiger partial charge in [0.1, 0.15) is 17.4 Å². The van der Waals surface area contributed by atoms with E-state index < -0.39 is 0 Å². The van der Waals surface area contributed by atoms with Crippen LogP contribution in [-0.2, 0) is 0 Å². The third-order valence-corrected chi connectivity index (χ3v) is 5.03. The molecule has 0 radical (unpaired) electrons. The number of hydrogen-bond acceptors (Lipinski definition) is 4. The fraction of sp³-hybridized carbons (Fsp3) is 0.455. The number of nitrogens with one attached hydrogen (secondary N) is 1. The van der Waals surface area contributed by atoms with Crippen molar-refractivity contribution in [1.82, 2.24) is 9.88 Å². The maximum absolute atomic E-state index is 12.1. The number of unbranched alkanes of at least 4 members (excludes halogenated alkanes) is 1. The highest BCUT2D eigenvalue weighted by molar-refractivity contribution is 5.75. The van der Waals surface area contributed by atoms with Crippen LogP contribution in [0.2, 0.25) is 0 Å². The van der Waals surface area contributed by atoms with Gasteiger partial charge in [0.25, 0.3) is 5.56 Å². The third kappa shape index (κ3) is 4.99. The molecule has 2 heterocycles. The van der Waals surface area contributed by atoms with E-state index in [1.54, 1.807) is 0 Å². The van der Waals surface area contributed by atoms with Crippen LogP contribution < -0.4 is 10.3 Å². The summed E-state index contributed by atoms with van der Waals surface area (Å²) in [5, 5.41) is 9.40. The van der Waals surface area contributed by atoms with Crippen LogP contribution in [0.15, 0.2) is 35.1 Å². The summed E-state index contributed by atoms with van der Waals surface area (Å²) in [5.41, 5.74) is 1.91. The van der Waals surface area contributed by atoms with E-state index >= 15 is 0 Å². The first-order valence-electron chi connectivity index (χ1n) is 9.77. The third-order valence-electron chi connectivity index (χ3n) is 5.03. The van der Waals surface area contributed by atoms with Crippen LogP contribution in [0.5, 0.6) is 5.75 Å². The largest absolute Gasteiger partial charge is 0.493 e. The zero-order valence-corrected chi connectivity index (χ0v) is 16.0. The number of ether oxygens (including phenoxy) is 1. The Morgan fingerprint density at radius 2 is 1.93 bits per heavy atom. The fourth-order valence-electron chi connectivity index (χ4n) is 3.63. The van der Waals surface area contributed by atoms with Crippen LogP contribution in [0.25, 0.3) is 11.1 Å². The molecule has 1 aliphatic heterocycles. The number of hydrogen-bond donors (Lipinski definition) is 1. The quantitative estimate of drug-likeness (QED) is 0.756. The van der Waals surface area contributed by atoms with Gasteiger partial charge in [0.2, 0.25) is 0 Å². The molecule has 1 aromatic carbocycles. The van der Waals surface area contributed by atoms with Gasteiger partial charge >= 0.3 is 0 Å². The number of pyridine rings is 1. The van der Waals surface area contributed by atoms with E-state index in [1.807, 2.05) is 43.3 Å². The summed E-state index contributed by atoms with van der Waals surface area (Å²) in [7, 11) is 0. The molecule has 1 saturated heterocycles. The maximum atomic E-state index is 12.1. The normalized spacial score (nSPS) is 14.7. The van der Waals surface area contributed by atoms with Gasteiger partial charge in [0.15, 0.2) is 0 Å². The monoisotopic (exact) mass is 365 g/mol. The Labute approximate surface area is 160 Å². The van der Waals surface area contributed by atoms with Crippen LogP contribution in [0.3, 0.4) is 0 Å². The van der Waals surface area contributed by atoms with Gasteiger partial charge in [-0.05, 0) is 64.4 Å². The number of piperidine rings is 1. The molecule has 0 bridgehead atoms. The number of rotatable bonds is 7. The van der Waals surface area contributed by atoms with Crippen molar-refractivity contribution in [2.24, 2.45) is 0 Å². The molecule has 0 amide bonds.